The van der Waals surface area contributed by atoms with Crippen LogP contribution in [0.15, 0.2) is 0 Å². The Bertz CT molecular complexity index is 175. The molecule has 6 nitrogen and oxygen atoms in total. The van der Waals surface area contributed by atoms with E-state index in [1.165, 1.54) is 14.2 Å². The summed E-state index contributed by atoms with van der Waals surface area (Å²) >= 11 is 0. The minimum atomic E-state index is -2.58. The van der Waals surface area contributed by atoms with E-state index in [4.69, 9.17) is 19.0 Å². The molecule has 0 aromatic heterocycles. The number of nitrogens with two attached hydrogens (primary N) is 1. The van der Waals surface area contributed by atoms with Gasteiger partial charge in [-0.2, -0.15) is 0 Å². The SMILES string of the molecule is CCO[Si](CCNC(N)=O)(OC)OC. The summed E-state index contributed by atoms with van der Waals surface area (Å²) in [4.78, 5) is 10.4. The van der Waals surface area contributed by atoms with E-state index in [2.05, 4.69) is 5.32 Å². The second kappa shape index (κ2) is 6.77. The van der Waals surface area contributed by atoms with Crippen LogP contribution in [0.2, 0.25) is 6.04 Å². The molecule has 0 atom stereocenters. The molecule has 0 aliphatic rings. The number of hydrogen-bond donors (Lipinski definition) is 2. The van der Waals surface area contributed by atoms with Crippen LogP contribution in [0.5, 0.6) is 0 Å². The Morgan fingerprint density at radius 1 is 1.43 bits per heavy atom. The topological polar surface area (TPSA) is 82.8 Å². The second-order valence-electron chi connectivity index (χ2n) is 2.57. The number of primary amides is 1. The lowest BCUT2D eigenvalue weighted by molar-refractivity contribution is 0.104. The molecule has 0 saturated heterocycles. The van der Waals surface area contributed by atoms with Crippen LogP contribution in [-0.4, -0.2) is 42.2 Å². The molecule has 0 bridgehead atoms. The third-order valence-electron chi connectivity index (χ3n) is 1.72. The Kier molecular flexibility index (Phi) is 6.46. The monoisotopic (exact) mass is 222 g/mol. The van der Waals surface area contributed by atoms with E-state index in [1.807, 2.05) is 6.92 Å². The summed E-state index contributed by atoms with van der Waals surface area (Å²) in [5.74, 6) is 0. The van der Waals surface area contributed by atoms with Gasteiger partial charge in [-0.25, -0.2) is 4.79 Å². The van der Waals surface area contributed by atoms with Gasteiger partial charge in [-0.05, 0) is 6.92 Å². The van der Waals surface area contributed by atoms with Crippen LogP contribution < -0.4 is 11.1 Å². The number of carbonyl (C=O) groups is 1. The first-order chi connectivity index (χ1) is 6.60. The minimum absolute atomic E-state index is 0.392. The molecule has 0 saturated carbocycles. The third kappa shape index (κ3) is 4.56. The van der Waals surface area contributed by atoms with Gasteiger partial charge in [-0.3, -0.25) is 0 Å². The Morgan fingerprint density at radius 3 is 2.36 bits per heavy atom. The summed E-state index contributed by atoms with van der Waals surface area (Å²) in [6.07, 6.45) is 0. The van der Waals surface area contributed by atoms with Gasteiger partial charge in [0.05, 0.1) is 0 Å². The van der Waals surface area contributed by atoms with E-state index < -0.39 is 14.8 Å². The first-order valence-electron chi connectivity index (χ1n) is 4.37. The molecule has 0 rings (SSSR count). The molecule has 0 aliphatic heterocycles. The van der Waals surface area contributed by atoms with E-state index in [-0.39, 0.29) is 0 Å². The van der Waals surface area contributed by atoms with Gasteiger partial charge in [-0.1, -0.05) is 0 Å². The fourth-order valence-corrected chi connectivity index (χ4v) is 2.86. The largest absolute Gasteiger partial charge is 0.502 e. The maximum Gasteiger partial charge on any atom is 0.502 e. The highest BCUT2D eigenvalue weighted by Gasteiger charge is 2.38. The molecule has 2 amide bonds. The molecule has 0 spiro atoms. The number of hydrogen-bond acceptors (Lipinski definition) is 4. The van der Waals surface area contributed by atoms with Crippen molar-refractivity contribution in [1.29, 1.82) is 0 Å². The third-order valence-corrected chi connectivity index (χ3v) is 4.55. The lowest BCUT2D eigenvalue weighted by atomic mass is 10.7. The average Bonchev–Trinajstić information content (AvgIpc) is 2.16. The molecule has 0 aliphatic carbocycles. The number of rotatable bonds is 7. The first-order valence-corrected chi connectivity index (χ1v) is 6.31. The van der Waals surface area contributed by atoms with Crippen molar-refractivity contribution in [3.05, 3.63) is 0 Å². The molecule has 0 unspecified atom stereocenters. The van der Waals surface area contributed by atoms with E-state index in [9.17, 15) is 4.79 Å². The zero-order valence-corrected chi connectivity index (χ0v) is 9.83. The Balaban J connectivity index is 4.00. The maximum atomic E-state index is 10.4. The fourth-order valence-electron chi connectivity index (χ4n) is 1.04. The highest BCUT2D eigenvalue weighted by molar-refractivity contribution is 6.60. The molecular weight excluding hydrogens is 204 g/mol. The van der Waals surface area contributed by atoms with E-state index >= 15 is 0 Å². The highest BCUT2D eigenvalue weighted by Crippen LogP contribution is 2.12. The second-order valence-corrected chi connectivity index (χ2v) is 5.54. The van der Waals surface area contributed by atoms with Crippen molar-refractivity contribution in [2.75, 3.05) is 27.4 Å². The molecule has 7 heteroatoms. The molecule has 0 heterocycles. The number of amides is 2. The van der Waals surface area contributed by atoms with Crippen LogP contribution in [0, 0.1) is 0 Å². The van der Waals surface area contributed by atoms with E-state index in [1.54, 1.807) is 0 Å². The van der Waals surface area contributed by atoms with Gasteiger partial charge in [0, 0.05) is 33.4 Å². The van der Waals surface area contributed by atoms with Gasteiger partial charge < -0.3 is 24.3 Å². The van der Waals surface area contributed by atoms with Crippen LogP contribution in [0.25, 0.3) is 0 Å². The molecule has 0 aromatic rings. The Hall–Kier alpha value is -0.633. The average molecular weight is 222 g/mol. The minimum Gasteiger partial charge on any atom is -0.377 e. The normalized spacial score (nSPS) is 11.4. The summed E-state index contributed by atoms with van der Waals surface area (Å²) in [5.41, 5.74) is 4.92. The summed E-state index contributed by atoms with van der Waals surface area (Å²) < 4.78 is 15.8. The van der Waals surface area contributed by atoms with Crippen LogP contribution in [0.4, 0.5) is 4.79 Å². The maximum absolute atomic E-state index is 10.4. The summed E-state index contributed by atoms with van der Waals surface area (Å²) in [7, 11) is 0.494. The molecule has 0 radical (unpaired) electrons. The van der Waals surface area contributed by atoms with Crippen LogP contribution in [0.3, 0.4) is 0 Å². The smallest absolute Gasteiger partial charge is 0.377 e. The van der Waals surface area contributed by atoms with Crippen LogP contribution >= 0.6 is 0 Å². The first kappa shape index (κ1) is 13.4. The predicted octanol–water partition coefficient (Wildman–Crippen LogP) is -0.0771. The molecule has 84 valence electrons. The van der Waals surface area contributed by atoms with Gasteiger partial charge in [0.1, 0.15) is 0 Å². The van der Waals surface area contributed by atoms with Crippen molar-refractivity contribution in [3.8, 4) is 0 Å². The summed E-state index contributed by atoms with van der Waals surface area (Å²) in [6, 6.07) is -0.0480. The lowest BCUT2D eigenvalue weighted by Crippen LogP contribution is -2.47. The Labute approximate surface area is 85.1 Å². The zero-order chi connectivity index (χ0) is 11.0. The quantitative estimate of drug-likeness (QED) is 0.590. The number of carbonyl (C=O) groups excluding carboxylic acids is 1. The summed E-state index contributed by atoms with van der Waals surface area (Å²) in [5, 5.41) is 2.46. The van der Waals surface area contributed by atoms with Gasteiger partial charge in [0.15, 0.2) is 0 Å². The van der Waals surface area contributed by atoms with Crippen molar-refractivity contribution < 1.29 is 18.1 Å². The van der Waals surface area contributed by atoms with Gasteiger partial charge >= 0.3 is 14.8 Å². The Morgan fingerprint density at radius 2 is 2.00 bits per heavy atom. The summed E-state index contributed by atoms with van der Waals surface area (Å²) in [6.45, 7) is 2.77. The van der Waals surface area contributed by atoms with Crippen LogP contribution in [0.1, 0.15) is 6.92 Å². The van der Waals surface area contributed by atoms with Crippen LogP contribution in [-0.2, 0) is 13.3 Å². The van der Waals surface area contributed by atoms with Gasteiger partial charge in [0.25, 0.3) is 0 Å². The highest BCUT2D eigenvalue weighted by atomic mass is 28.4. The number of urea groups is 1. The molecule has 3 N–H and O–H groups in total. The fraction of sp³-hybridized carbons (Fsp3) is 0.857. The lowest BCUT2D eigenvalue weighted by Gasteiger charge is -2.25. The van der Waals surface area contributed by atoms with Crippen molar-refractivity contribution in [2.24, 2.45) is 5.73 Å². The molecule has 14 heavy (non-hydrogen) atoms. The molecule has 0 aromatic carbocycles. The molecule has 0 fully saturated rings. The molecular formula is C7H18N2O4Si. The zero-order valence-electron chi connectivity index (χ0n) is 8.83. The van der Waals surface area contributed by atoms with Gasteiger partial charge in [0.2, 0.25) is 0 Å². The van der Waals surface area contributed by atoms with E-state index in [0.29, 0.717) is 19.2 Å². The van der Waals surface area contributed by atoms with Crippen molar-refractivity contribution in [2.45, 2.75) is 13.0 Å². The standard InChI is InChI=1S/C7H18N2O4Si/c1-4-13-14(11-2,12-3)6-5-9-7(8)10/h4-6H2,1-3H3,(H3,8,9,10). The van der Waals surface area contributed by atoms with Crippen molar-refractivity contribution in [1.82, 2.24) is 5.32 Å². The van der Waals surface area contributed by atoms with E-state index in [0.717, 1.165) is 0 Å². The van der Waals surface area contributed by atoms with Crippen molar-refractivity contribution in [3.63, 3.8) is 0 Å². The predicted molar refractivity (Wildman–Crippen MR) is 53.8 cm³/mol. The van der Waals surface area contributed by atoms with Gasteiger partial charge in [-0.15, -0.1) is 0 Å². The number of nitrogens with one attached hydrogen (secondary N) is 1. The van der Waals surface area contributed by atoms with Crippen molar-refractivity contribution >= 4 is 14.8 Å².